The molecular weight excluding hydrogens is 996 g/mol. The van der Waals surface area contributed by atoms with Crippen molar-refractivity contribution in [2.24, 2.45) is 22.9 Å². The number of rotatable bonds is 21. The lowest BCUT2D eigenvalue weighted by Gasteiger charge is -2.24. The lowest BCUT2D eigenvalue weighted by atomic mass is 10.1. The van der Waals surface area contributed by atoms with E-state index in [1.807, 2.05) is 31.5 Å². The van der Waals surface area contributed by atoms with Gasteiger partial charge in [0.15, 0.2) is 0 Å². The number of nitrogens with zero attached hydrogens (tertiary/aromatic N) is 8. The van der Waals surface area contributed by atoms with Crippen molar-refractivity contribution in [2.75, 3.05) is 27.2 Å². The molecule has 5 rings (SSSR count). The van der Waals surface area contributed by atoms with Crippen LogP contribution in [-0.2, 0) is 53.5 Å². The Kier molecular flexibility index (Phi) is 26.7. The van der Waals surface area contributed by atoms with Gasteiger partial charge in [0.1, 0.15) is 47.7 Å². The van der Waals surface area contributed by atoms with Gasteiger partial charge in [0.2, 0.25) is 17.7 Å². The average molecular weight is 1080 g/mol. The number of amides is 3. The Bertz CT molecular complexity index is 2450. The molecule has 0 radical (unpaired) electrons. The first-order valence-corrected chi connectivity index (χ1v) is 25.5. The minimum Gasteiger partial charge on any atom is -0.473 e. The number of benzene rings is 2. The number of halogens is 5. The molecule has 0 N–H and O–H groups in total. The van der Waals surface area contributed by atoms with Crippen molar-refractivity contribution in [3.8, 4) is 11.8 Å². The Labute approximate surface area is 448 Å². The molecule has 0 saturated carbocycles. The summed E-state index contributed by atoms with van der Waals surface area (Å²) in [5.41, 5.74) is 1.50. The van der Waals surface area contributed by atoms with Crippen LogP contribution in [0.3, 0.4) is 0 Å². The van der Waals surface area contributed by atoms with Crippen LogP contribution in [0.4, 0.5) is 27.2 Å². The van der Waals surface area contributed by atoms with Crippen LogP contribution in [0.5, 0.6) is 11.8 Å². The second kappa shape index (κ2) is 30.6. The van der Waals surface area contributed by atoms with Gasteiger partial charge in [-0.2, -0.15) is 15.3 Å². The molecule has 1 aliphatic heterocycles. The van der Waals surface area contributed by atoms with Crippen LogP contribution < -0.4 is 9.47 Å². The molecule has 2 aromatic carbocycles. The number of carbonyl (C=O) groups is 3. The number of carbonyl (C=O) groups excluding carboxylic acids is 3. The number of hydrogen-bond acceptors (Lipinski definition) is 10. The van der Waals surface area contributed by atoms with Crippen LogP contribution in [0.2, 0.25) is 0 Å². The molecule has 15 nitrogen and oxygen atoms in total. The summed E-state index contributed by atoms with van der Waals surface area (Å²) < 4.78 is 79.8. The van der Waals surface area contributed by atoms with Gasteiger partial charge < -0.3 is 28.7 Å². The van der Waals surface area contributed by atoms with Crippen molar-refractivity contribution in [3.05, 3.63) is 94.3 Å². The molecular formula is C55H83ClF4N8O7. The highest BCUT2D eigenvalue weighted by atomic mass is 35.5. The molecule has 0 unspecified atom stereocenters. The largest absolute Gasteiger partial charge is 0.473 e. The van der Waals surface area contributed by atoms with Crippen molar-refractivity contribution >= 4 is 36.2 Å². The lowest BCUT2D eigenvalue weighted by Crippen LogP contribution is -2.37. The lowest BCUT2D eigenvalue weighted by molar-refractivity contribution is -0.128. The summed E-state index contributed by atoms with van der Waals surface area (Å²) >= 11 is 0. The van der Waals surface area contributed by atoms with Gasteiger partial charge >= 0.3 is 12.2 Å². The molecule has 0 spiro atoms. The maximum atomic E-state index is 13.9. The van der Waals surface area contributed by atoms with E-state index in [1.165, 1.54) is 14.8 Å². The fourth-order valence-electron chi connectivity index (χ4n) is 6.78. The van der Waals surface area contributed by atoms with Gasteiger partial charge in [0.05, 0.1) is 36.6 Å². The van der Waals surface area contributed by atoms with Crippen molar-refractivity contribution in [3.63, 3.8) is 0 Å². The fraction of sp³-hybridized carbons (Fsp3) is 0.600. The topological polar surface area (TPSA) is 146 Å². The number of aromatic nitrogens is 4. The Morgan fingerprint density at radius 2 is 1.05 bits per heavy atom. The normalized spacial score (nSPS) is 12.4. The van der Waals surface area contributed by atoms with Gasteiger partial charge in [-0.25, -0.2) is 41.5 Å². The standard InChI is InChI=1S/C22H31F2N3O3.C18H24F2N2O.C15H27N3O3.ClH/c1-15(2)9-10-27-20(29-14-16-11-17(23)7-8-19(16)24)12-18(25-27)13-26(6)21(28)30-22(3,4)5;1-4-5-16-11-18(22(21-16)9-8-13(2)3)23-12-14-10-15(19)6-7-17(14)20;1-11(2)7-8-18-13(19)9-12(16-18)10-17(6)14(20)21-15(3,4)5;/h7-8,11-12,15H,9-10,13-14H2,1-6H3;6-7,10-11,13H,4-5,8-9,12H2,1-3H3;11H,7-10H2,1-6H3;1H. The Hall–Kier alpha value is -5.85. The van der Waals surface area contributed by atoms with Gasteiger partial charge in [-0.3, -0.25) is 4.79 Å². The molecule has 420 valence electrons. The highest BCUT2D eigenvalue weighted by Crippen LogP contribution is 2.23. The molecule has 0 atom stereocenters. The van der Waals surface area contributed by atoms with Crippen LogP contribution in [0.25, 0.3) is 0 Å². The zero-order valence-electron chi connectivity index (χ0n) is 46.9. The minimum absolute atomic E-state index is 0. The third-order valence-corrected chi connectivity index (χ3v) is 10.7. The first kappa shape index (κ1) is 65.3. The van der Waals surface area contributed by atoms with E-state index in [2.05, 4.69) is 63.8 Å². The predicted molar refractivity (Wildman–Crippen MR) is 286 cm³/mol. The highest BCUT2D eigenvalue weighted by Gasteiger charge is 2.27. The fourth-order valence-corrected chi connectivity index (χ4v) is 6.78. The van der Waals surface area contributed by atoms with Crippen LogP contribution >= 0.6 is 12.4 Å². The van der Waals surface area contributed by atoms with Crippen molar-refractivity contribution in [1.82, 2.24) is 34.4 Å². The van der Waals surface area contributed by atoms with E-state index in [0.717, 1.165) is 80.7 Å². The molecule has 3 heterocycles. The second-order valence-corrected chi connectivity index (χ2v) is 21.8. The zero-order chi connectivity index (χ0) is 55.5. The summed E-state index contributed by atoms with van der Waals surface area (Å²) in [6.45, 7) is 28.1. The molecule has 0 aliphatic carbocycles. The van der Waals surface area contributed by atoms with E-state index >= 15 is 0 Å². The summed E-state index contributed by atoms with van der Waals surface area (Å²) in [5, 5.41) is 14.9. The van der Waals surface area contributed by atoms with Crippen molar-refractivity contribution < 1.29 is 50.9 Å². The van der Waals surface area contributed by atoms with Crippen LogP contribution in [-0.4, -0.2) is 96.6 Å². The molecule has 75 heavy (non-hydrogen) atoms. The molecule has 0 saturated heterocycles. The van der Waals surface area contributed by atoms with Crippen molar-refractivity contribution in [1.29, 1.82) is 0 Å². The van der Waals surface area contributed by atoms with E-state index in [-0.39, 0.29) is 55.6 Å². The first-order chi connectivity index (χ1) is 34.5. The predicted octanol–water partition coefficient (Wildman–Crippen LogP) is 12.8. The van der Waals surface area contributed by atoms with E-state index in [9.17, 15) is 31.9 Å². The summed E-state index contributed by atoms with van der Waals surface area (Å²) in [6, 6.07) is 10.2. The third-order valence-electron chi connectivity index (χ3n) is 10.7. The number of aryl methyl sites for hydroxylation is 3. The summed E-state index contributed by atoms with van der Waals surface area (Å²) in [4.78, 5) is 38.8. The molecule has 3 amide bonds. The number of hydrogen-bond donors (Lipinski definition) is 0. The van der Waals surface area contributed by atoms with Gasteiger partial charge in [-0.15, -0.1) is 12.4 Å². The highest BCUT2D eigenvalue weighted by molar-refractivity contribution is 6.06. The first-order valence-electron chi connectivity index (χ1n) is 25.5. The smallest absolute Gasteiger partial charge is 0.410 e. The minimum atomic E-state index is -0.592. The second-order valence-electron chi connectivity index (χ2n) is 21.8. The van der Waals surface area contributed by atoms with E-state index in [4.69, 9.17) is 18.9 Å². The maximum absolute atomic E-state index is 13.9. The average Bonchev–Trinajstić information content (AvgIpc) is 3.98. The quantitative estimate of drug-likeness (QED) is 0.0744. The van der Waals surface area contributed by atoms with Crippen LogP contribution in [0.15, 0.2) is 53.6 Å². The number of hydrazone groups is 1. The summed E-state index contributed by atoms with van der Waals surface area (Å²) in [6.07, 6.45) is 4.07. The summed E-state index contributed by atoms with van der Waals surface area (Å²) in [5.74, 6) is 0.600. The van der Waals surface area contributed by atoms with Gasteiger partial charge in [0, 0.05) is 57.0 Å². The van der Waals surface area contributed by atoms with Gasteiger partial charge in [-0.1, -0.05) is 54.9 Å². The molecule has 2 aromatic heterocycles. The van der Waals surface area contributed by atoms with Gasteiger partial charge in [-0.05, 0) is 121 Å². The Morgan fingerprint density at radius 1 is 0.640 bits per heavy atom. The molecule has 4 aromatic rings. The Balaban J connectivity index is 0.000000390. The van der Waals surface area contributed by atoms with Crippen molar-refractivity contribution in [2.45, 2.75) is 173 Å². The van der Waals surface area contributed by atoms with E-state index in [1.54, 1.807) is 45.6 Å². The molecule has 0 bridgehead atoms. The Morgan fingerprint density at radius 3 is 1.48 bits per heavy atom. The molecule has 0 fully saturated rings. The van der Waals surface area contributed by atoms with Crippen LogP contribution in [0.1, 0.15) is 145 Å². The van der Waals surface area contributed by atoms with Crippen LogP contribution in [0, 0.1) is 41.0 Å². The monoisotopic (exact) mass is 1080 g/mol. The number of ether oxygens (including phenoxy) is 4. The van der Waals surface area contributed by atoms with E-state index in [0.29, 0.717) is 60.6 Å². The van der Waals surface area contributed by atoms with Gasteiger partial charge in [0.25, 0.3) is 0 Å². The third kappa shape index (κ3) is 24.6. The maximum Gasteiger partial charge on any atom is 0.410 e. The molecule has 20 heteroatoms. The zero-order valence-corrected chi connectivity index (χ0v) is 47.7. The molecule has 1 aliphatic rings. The SMILES string of the molecule is CC(C)CCN1N=C(CN(C)C(=O)OC(C)(C)C)CC1=O.CC(C)CCn1nc(CN(C)C(=O)OC(C)(C)C)cc1OCc1cc(F)ccc1F.CCCc1cc(OCc2cc(F)ccc2F)n(CCC(C)C)n1.Cl. The van der Waals surface area contributed by atoms with E-state index < -0.39 is 46.7 Å². The summed E-state index contributed by atoms with van der Waals surface area (Å²) in [7, 11) is 3.28.